The zero-order valence-corrected chi connectivity index (χ0v) is 11.3. The first-order valence-corrected chi connectivity index (χ1v) is 6.69. The molecule has 0 fully saturated rings. The summed E-state index contributed by atoms with van der Waals surface area (Å²) in [5.41, 5.74) is 0.400. The number of carbonyl (C=O) groups excluding carboxylic acids is 2. The van der Waals surface area contributed by atoms with Crippen LogP contribution in [-0.4, -0.2) is 28.0 Å². The molecule has 0 aromatic carbocycles. The van der Waals surface area contributed by atoms with Gasteiger partial charge in [-0.15, -0.1) is 0 Å². The first-order chi connectivity index (χ1) is 8.06. The van der Waals surface area contributed by atoms with E-state index in [1.807, 2.05) is 0 Å². The van der Waals surface area contributed by atoms with Crippen molar-refractivity contribution >= 4 is 19.4 Å². The molecule has 2 N–H and O–H groups in total. The van der Waals surface area contributed by atoms with Crippen molar-refractivity contribution in [1.82, 2.24) is 0 Å². The number of hydrogen-bond donors (Lipinski definition) is 2. The molecule has 0 aliphatic carbocycles. The van der Waals surface area contributed by atoms with Crippen molar-refractivity contribution in [3.63, 3.8) is 0 Å². The van der Waals surface area contributed by atoms with E-state index >= 15 is 0 Å². The van der Waals surface area contributed by atoms with Crippen LogP contribution in [0.5, 0.6) is 0 Å². The predicted octanol–water partition coefficient (Wildman–Crippen LogP) is 1.39. The second-order valence-electron chi connectivity index (χ2n) is 3.95. The number of carbonyl (C=O) groups is 2. The van der Waals surface area contributed by atoms with E-state index in [0.717, 1.165) is 0 Å². The van der Waals surface area contributed by atoms with Gasteiger partial charge in [-0.05, 0) is 31.4 Å². The molecule has 0 rings (SSSR count). The molecule has 102 valence electrons. The van der Waals surface area contributed by atoms with E-state index in [2.05, 4.69) is 17.7 Å². The Labute approximate surface area is 106 Å². The van der Waals surface area contributed by atoms with Crippen LogP contribution in [0.4, 0.5) is 0 Å². The summed E-state index contributed by atoms with van der Waals surface area (Å²) in [7, 11) is -4.60. The van der Waals surface area contributed by atoms with Crippen molar-refractivity contribution in [2.45, 2.75) is 20.3 Å². The van der Waals surface area contributed by atoms with Crippen LogP contribution in [0.3, 0.4) is 0 Å². The van der Waals surface area contributed by atoms with Crippen LogP contribution >= 0.6 is 7.82 Å². The molecule has 0 saturated heterocycles. The third-order valence-electron chi connectivity index (χ3n) is 2.14. The number of hydrogen-bond acceptors (Lipinski definition) is 4. The standard InChI is InChI=1S/C11H17O6P/c1-7(2)10(12)9(11(13)8(3)4)5-6-17-18(14,15)16/h9H,1,3,5-6H2,2,4H3,(H2,14,15,16). The van der Waals surface area contributed by atoms with Gasteiger partial charge in [-0.25, -0.2) is 4.57 Å². The highest BCUT2D eigenvalue weighted by molar-refractivity contribution is 7.46. The Morgan fingerprint density at radius 1 is 1.17 bits per heavy atom. The van der Waals surface area contributed by atoms with Gasteiger partial charge < -0.3 is 9.79 Å². The highest BCUT2D eigenvalue weighted by Gasteiger charge is 2.28. The summed E-state index contributed by atoms with van der Waals surface area (Å²) < 4.78 is 14.7. The number of rotatable bonds is 8. The van der Waals surface area contributed by atoms with Crippen LogP contribution in [0.15, 0.2) is 24.3 Å². The zero-order chi connectivity index (χ0) is 14.5. The summed E-state index contributed by atoms with van der Waals surface area (Å²) in [5.74, 6) is -2.00. The predicted molar refractivity (Wildman–Crippen MR) is 65.7 cm³/mol. The van der Waals surface area contributed by atoms with Crippen LogP contribution in [0, 0.1) is 5.92 Å². The molecule has 0 radical (unpaired) electrons. The molecule has 0 unspecified atom stereocenters. The lowest BCUT2D eigenvalue weighted by atomic mass is 9.89. The van der Waals surface area contributed by atoms with E-state index in [4.69, 9.17) is 9.79 Å². The van der Waals surface area contributed by atoms with Crippen molar-refractivity contribution in [2.75, 3.05) is 6.61 Å². The average molecular weight is 276 g/mol. The third-order valence-corrected chi connectivity index (χ3v) is 2.66. The van der Waals surface area contributed by atoms with Crippen LogP contribution in [0.2, 0.25) is 0 Å². The second-order valence-corrected chi connectivity index (χ2v) is 5.19. The lowest BCUT2D eigenvalue weighted by Crippen LogP contribution is -2.26. The van der Waals surface area contributed by atoms with E-state index in [1.165, 1.54) is 13.8 Å². The maximum atomic E-state index is 11.7. The smallest absolute Gasteiger partial charge is 0.303 e. The second kappa shape index (κ2) is 6.75. The van der Waals surface area contributed by atoms with Gasteiger partial charge in [0.1, 0.15) is 0 Å². The number of phosphoric acid groups is 1. The molecule has 0 spiro atoms. The molecule has 0 heterocycles. The quantitative estimate of drug-likeness (QED) is 0.394. The van der Waals surface area contributed by atoms with Crippen molar-refractivity contribution in [3.8, 4) is 0 Å². The van der Waals surface area contributed by atoms with E-state index in [1.54, 1.807) is 0 Å². The Hall–Kier alpha value is -1.07. The van der Waals surface area contributed by atoms with Crippen molar-refractivity contribution in [1.29, 1.82) is 0 Å². The van der Waals surface area contributed by atoms with Gasteiger partial charge in [-0.1, -0.05) is 13.2 Å². The Bertz CT molecular complexity index is 393. The van der Waals surface area contributed by atoms with Crippen LogP contribution in [-0.2, 0) is 18.7 Å². The van der Waals surface area contributed by atoms with Crippen molar-refractivity contribution in [2.24, 2.45) is 5.92 Å². The van der Waals surface area contributed by atoms with Crippen molar-refractivity contribution < 1.29 is 28.5 Å². The molecule has 18 heavy (non-hydrogen) atoms. The van der Waals surface area contributed by atoms with E-state index in [0.29, 0.717) is 0 Å². The molecule has 0 bridgehead atoms. The van der Waals surface area contributed by atoms with Gasteiger partial charge in [0.05, 0.1) is 12.5 Å². The summed E-state index contributed by atoms with van der Waals surface area (Å²) in [5, 5.41) is 0. The first-order valence-electron chi connectivity index (χ1n) is 5.15. The maximum absolute atomic E-state index is 11.7. The molecule has 0 aliphatic heterocycles. The minimum atomic E-state index is -4.60. The lowest BCUT2D eigenvalue weighted by Gasteiger charge is -2.15. The number of allylic oxidation sites excluding steroid dienone is 2. The lowest BCUT2D eigenvalue weighted by molar-refractivity contribution is -0.129. The largest absolute Gasteiger partial charge is 0.469 e. The summed E-state index contributed by atoms with van der Waals surface area (Å²) in [6.07, 6.45) is -0.123. The van der Waals surface area contributed by atoms with Gasteiger partial charge in [-0.3, -0.25) is 14.1 Å². The summed E-state index contributed by atoms with van der Waals surface area (Å²) in [4.78, 5) is 40.5. The average Bonchev–Trinajstić information content (AvgIpc) is 2.20. The SMILES string of the molecule is C=C(C)C(=O)C(CCOP(=O)(O)O)C(=O)C(=C)C. The summed E-state index contributed by atoms with van der Waals surface area (Å²) >= 11 is 0. The van der Waals surface area contributed by atoms with Crippen LogP contribution in [0.25, 0.3) is 0 Å². The van der Waals surface area contributed by atoms with Gasteiger partial charge in [0.15, 0.2) is 11.6 Å². The third kappa shape index (κ3) is 6.02. The van der Waals surface area contributed by atoms with Crippen molar-refractivity contribution in [3.05, 3.63) is 24.3 Å². The highest BCUT2D eigenvalue weighted by Crippen LogP contribution is 2.36. The Balaban J connectivity index is 4.75. The molecule has 0 atom stereocenters. The Kier molecular flexibility index (Phi) is 6.35. The number of phosphoric ester groups is 1. The van der Waals surface area contributed by atoms with Crippen LogP contribution in [0.1, 0.15) is 20.3 Å². The van der Waals surface area contributed by atoms with Gasteiger partial charge >= 0.3 is 7.82 Å². The Morgan fingerprint density at radius 3 is 1.83 bits per heavy atom. The van der Waals surface area contributed by atoms with E-state index in [9.17, 15) is 14.2 Å². The molecular weight excluding hydrogens is 259 g/mol. The Morgan fingerprint density at radius 2 is 1.56 bits per heavy atom. The topological polar surface area (TPSA) is 101 Å². The molecular formula is C11H17O6P. The molecule has 7 heteroatoms. The molecule has 0 aromatic rings. The molecule has 0 aromatic heterocycles. The van der Waals surface area contributed by atoms with Crippen LogP contribution < -0.4 is 0 Å². The molecule has 0 aliphatic rings. The minimum Gasteiger partial charge on any atom is -0.303 e. The molecule has 0 amide bonds. The molecule has 6 nitrogen and oxygen atoms in total. The normalized spacial score (nSPS) is 11.4. The highest BCUT2D eigenvalue weighted by atomic mass is 31.2. The summed E-state index contributed by atoms with van der Waals surface area (Å²) in [6.45, 7) is 9.43. The van der Waals surface area contributed by atoms with E-state index < -0.39 is 31.9 Å². The summed E-state index contributed by atoms with van der Waals surface area (Å²) in [6, 6.07) is 0. The van der Waals surface area contributed by atoms with Gasteiger partial charge in [-0.2, -0.15) is 0 Å². The molecule has 0 saturated carbocycles. The minimum absolute atomic E-state index is 0.123. The van der Waals surface area contributed by atoms with Gasteiger partial charge in [0, 0.05) is 0 Å². The monoisotopic (exact) mass is 276 g/mol. The van der Waals surface area contributed by atoms with Gasteiger partial charge in [0.2, 0.25) is 0 Å². The number of Topliss-reactive ketones (excluding diaryl/α,β-unsaturated/α-hetero) is 2. The fourth-order valence-corrected chi connectivity index (χ4v) is 1.61. The fraction of sp³-hybridized carbons (Fsp3) is 0.455. The fourth-order valence-electron chi connectivity index (χ4n) is 1.27. The zero-order valence-electron chi connectivity index (χ0n) is 10.4. The van der Waals surface area contributed by atoms with E-state index in [-0.39, 0.29) is 17.6 Å². The number of ketones is 2. The van der Waals surface area contributed by atoms with Gasteiger partial charge in [0.25, 0.3) is 0 Å². The maximum Gasteiger partial charge on any atom is 0.469 e. The first kappa shape index (κ1) is 16.9.